The molecule has 0 aliphatic heterocycles. The second-order valence-corrected chi connectivity index (χ2v) is 14.8. The Hall–Kier alpha value is -8.90. The van der Waals surface area contributed by atoms with Crippen molar-refractivity contribution >= 4 is 36.1 Å². The van der Waals surface area contributed by atoms with Gasteiger partial charge in [0.2, 0.25) is 0 Å². The number of aldehydes is 1. The van der Waals surface area contributed by atoms with Crippen LogP contribution >= 0.6 is 0 Å². The van der Waals surface area contributed by atoms with E-state index in [0.717, 1.165) is 39.5 Å². The lowest BCUT2D eigenvalue weighted by Crippen LogP contribution is -2.10. The minimum atomic E-state index is -0.601. The van der Waals surface area contributed by atoms with Crippen LogP contribution in [0.3, 0.4) is 0 Å². The van der Waals surface area contributed by atoms with Gasteiger partial charge in [-0.3, -0.25) is 4.79 Å². The van der Waals surface area contributed by atoms with E-state index in [1.807, 2.05) is 42.5 Å². The predicted molar refractivity (Wildman–Crippen MR) is 250 cm³/mol. The molecule has 0 aliphatic rings. The van der Waals surface area contributed by atoms with E-state index < -0.39 is 29.8 Å². The summed E-state index contributed by atoms with van der Waals surface area (Å²) in [4.78, 5) is 73.9. The van der Waals surface area contributed by atoms with Crippen LogP contribution in [0.15, 0.2) is 176 Å². The number of methoxy groups -OCH3 is 1. The van der Waals surface area contributed by atoms with E-state index in [2.05, 4.69) is 6.58 Å². The second-order valence-electron chi connectivity index (χ2n) is 14.8. The van der Waals surface area contributed by atoms with Gasteiger partial charge in [-0.15, -0.1) is 0 Å². The van der Waals surface area contributed by atoms with Crippen LogP contribution in [0.1, 0.15) is 64.6 Å². The highest BCUT2D eigenvalue weighted by molar-refractivity contribution is 5.95. The predicted octanol–water partition coefficient (Wildman–Crippen LogP) is 10.8. The summed E-state index contributed by atoms with van der Waals surface area (Å²) in [5.41, 5.74) is 6.59. The van der Waals surface area contributed by atoms with Gasteiger partial charge >= 0.3 is 29.8 Å². The number of hydrogen-bond acceptors (Lipinski definition) is 12. The van der Waals surface area contributed by atoms with Crippen LogP contribution in [-0.4, -0.2) is 56.5 Å². The molecular weight excluding hydrogens is 853 g/mol. The van der Waals surface area contributed by atoms with Gasteiger partial charge in [-0.2, -0.15) is 0 Å². The Morgan fingerprint density at radius 3 is 1.12 bits per heavy atom. The lowest BCUT2D eigenvalue weighted by Gasteiger charge is -2.13. The van der Waals surface area contributed by atoms with Crippen molar-refractivity contribution in [3.05, 3.63) is 204 Å². The van der Waals surface area contributed by atoms with Gasteiger partial charge in [0.15, 0.2) is 0 Å². The summed E-state index contributed by atoms with van der Waals surface area (Å²) in [6.45, 7) is 3.68. The molecule has 0 bridgehead atoms. The molecule has 0 aromatic heterocycles. The molecule has 0 saturated carbocycles. The van der Waals surface area contributed by atoms with Crippen molar-refractivity contribution in [1.29, 1.82) is 0 Å². The third-order valence-electron chi connectivity index (χ3n) is 10.3. The summed E-state index contributed by atoms with van der Waals surface area (Å²) < 4.78 is 32.1. The molecule has 0 N–H and O–H groups in total. The number of benzene rings is 7. The topological polar surface area (TPSA) is 158 Å². The third kappa shape index (κ3) is 12.4. The number of esters is 5. The molecule has 0 spiro atoms. The molecule has 0 atom stereocenters. The zero-order chi connectivity index (χ0) is 47.1. The van der Waals surface area contributed by atoms with Crippen LogP contribution in [0.5, 0.6) is 23.0 Å². The molecule has 0 aliphatic carbocycles. The first-order valence-electron chi connectivity index (χ1n) is 21.0. The van der Waals surface area contributed by atoms with Gasteiger partial charge in [-0.05, 0) is 174 Å². The quantitative estimate of drug-likeness (QED) is 0.0264. The Labute approximate surface area is 385 Å². The SMILES string of the molecule is C=CC(=O)OCCCCOC(=O)c1ccc(OC(=O)c2ccc(-c3cc(-c4ccc(C(=O)Oc5ccc(C=O)cc5)cc4)cc(-c4ccc(C(=O)Oc5ccc(OC)cc5)cc4)c3)cc2)cc1. The Kier molecular flexibility index (Phi) is 15.2. The lowest BCUT2D eigenvalue weighted by atomic mass is 9.92. The molecule has 7 aromatic carbocycles. The zero-order valence-electron chi connectivity index (χ0n) is 36.2. The van der Waals surface area contributed by atoms with Crippen LogP contribution in [0.25, 0.3) is 33.4 Å². The van der Waals surface area contributed by atoms with E-state index in [-0.39, 0.29) is 24.5 Å². The molecule has 12 heteroatoms. The molecule has 12 nitrogen and oxygen atoms in total. The first-order chi connectivity index (χ1) is 32.6. The Morgan fingerprint density at radius 1 is 0.418 bits per heavy atom. The van der Waals surface area contributed by atoms with Crippen LogP contribution in [0, 0.1) is 0 Å². The van der Waals surface area contributed by atoms with Crippen molar-refractivity contribution in [3.8, 4) is 56.4 Å². The zero-order valence-corrected chi connectivity index (χ0v) is 36.2. The monoisotopic (exact) mass is 894 g/mol. The summed E-state index contributed by atoms with van der Waals surface area (Å²) in [5, 5.41) is 0. The molecule has 0 fully saturated rings. The first-order valence-corrected chi connectivity index (χ1v) is 21.0. The second kappa shape index (κ2) is 22.1. The summed E-state index contributed by atoms with van der Waals surface area (Å²) in [6, 6.07) is 45.9. The van der Waals surface area contributed by atoms with Gasteiger partial charge in [0.05, 0.1) is 42.6 Å². The van der Waals surface area contributed by atoms with Crippen molar-refractivity contribution in [2.24, 2.45) is 0 Å². The molecular formula is C55H42O12. The Bertz CT molecular complexity index is 2880. The van der Waals surface area contributed by atoms with Crippen molar-refractivity contribution in [3.63, 3.8) is 0 Å². The summed E-state index contributed by atoms with van der Waals surface area (Å²) in [5.74, 6) is -1.17. The number of hydrogen-bond donors (Lipinski definition) is 0. The van der Waals surface area contributed by atoms with E-state index >= 15 is 0 Å². The van der Waals surface area contributed by atoms with Crippen molar-refractivity contribution < 1.29 is 57.2 Å². The highest BCUT2D eigenvalue weighted by Gasteiger charge is 2.16. The molecule has 0 amide bonds. The maximum absolute atomic E-state index is 13.2. The fourth-order valence-corrected chi connectivity index (χ4v) is 6.62. The van der Waals surface area contributed by atoms with Gasteiger partial charge in [-0.25, -0.2) is 24.0 Å². The minimum absolute atomic E-state index is 0.147. The number of rotatable bonds is 18. The Balaban J connectivity index is 1.07. The van der Waals surface area contributed by atoms with Crippen LogP contribution in [-0.2, 0) is 14.3 Å². The fraction of sp³-hybridized carbons (Fsp3) is 0.0909. The molecule has 334 valence electrons. The van der Waals surface area contributed by atoms with Gasteiger partial charge in [0.1, 0.15) is 29.3 Å². The molecule has 7 rings (SSSR count). The van der Waals surface area contributed by atoms with Gasteiger partial charge in [-0.1, -0.05) is 43.0 Å². The summed E-state index contributed by atoms with van der Waals surface area (Å²) in [7, 11) is 1.56. The van der Waals surface area contributed by atoms with E-state index in [4.69, 9.17) is 28.4 Å². The average Bonchev–Trinajstić information content (AvgIpc) is 3.37. The van der Waals surface area contributed by atoms with E-state index in [1.165, 1.54) is 24.3 Å². The van der Waals surface area contributed by atoms with Gasteiger partial charge in [0.25, 0.3) is 0 Å². The van der Waals surface area contributed by atoms with E-state index in [0.29, 0.717) is 58.6 Å². The summed E-state index contributed by atoms with van der Waals surface area (Å²) in [6.07, 6.45) is 2.83. The molecule has 0 heterocycles. The van der Waals surface area contributed by atoms with Gasteiger partial charge < -0.3 is 28.4 Å². The largest absolute Gasteiger partial charge is 0.497 e. The van der Waals surface area contributed by atoms with E-state index in [1.54, 1.807) is 104 Å². The molecule has 0 unspecified atom stereocenters. The maximum Gasteiger partial charge on any atom is 0.343 e. The lowest BCUT2D eigenvalue weighted by molar-refractivity contribution is -0.137. The van der Waals surface area contributed by atoms with E-state index in [9.17, 15) is 28.8 Å². The van der Waals surface area contributed by atoms with Crippen LogP contribution in [0.4, 0.5) is 0 Å². The van der Waals surface area contributed by atoms with Crippen molar-refractivity contribution in [2.75, 3.05) is 20.3 Å². The third-order valence-corrected chi connectivity index (χ3v) is 10.3. The molecule has 0 radical (unpaired) electrons. The Morgan fingerprint density at radius 2 is 0.746 bits per heavy atom. The molecule has 7 aromatic rings. The number of carbonyl (C=O) groups excluding carboxylic acids is 6. The number of ether oxygens (including phenoxy) is 6. The molecule has 0 saturated heterocycles. The van der Waals surface area contributed by atoms with Crippen LogP contribution < -0.4 is 18.9 Å². The first kappa shape index (κ1) is 46.1. The fourth-order valence-electron chi connectivity index (χ4n) is 6.62. The smallest absolute Gasteiger partial charge is 0.343 e. The van der Waals surface area contributed by atoms with Crippen LogP contribution in [0.2, 0.25) is 0 Å². The number of unbranched alkanes of at least 4 members (excludes halogenated alkanes) is 1. The standard InChI is InChI=1S/C55H42O12/c1-3-51(57)63-30-4-5-31-64-52(58)40-20-24-49(25-21-40)66-54(60)42-16-10-38(11-17-42)45-32-44(37-8-14-41(15-9-37)53(59)65-48-22-6-36(35-56)7-23-48)33-46(34-45)39-12-18-43(19-13-39)55(61)67-50-28-26-47(62-2)27-29-50/h3,6-29,32-35H,1,4-5,30-31H2,2H3. The number of carbonyl (C=O) groups is 6. The maximum atomic E-state index is 13.2. The summed E-state index contributed by atoms with van der Waals surface area (Å²) >= 11 is 0. The van der Waals surface area contributed by atoms with Gasteiger partial charge in [0, 0.05) is 11.6 Å². The van der Waals surface area contributed by atoms with Crippen molar-refractivity contribution in [1.82, 2.24) is 0 Å². The van der Waals surface area contributed by atoms with Crippen molar-refractivity contribution in [2.45, 2.75) is 12.8 Å². The molecule has 67 heavy (non-hydrogen) atoms. The highest BCUT2D eigenvalue weighted by atomic mass is 16.6. The normalized spacial score (nSPS) is 10.5. The average molecular weight is 895 g/mol. The minimum Gasteiger partial charge on any atom is -0.497 e. The highest BCUT2D eigenvalue weighted by Crippen LogP contribution is 2.34.